The predicted octanol–water partition coefficient (Wildman–Crippen LogP) is 1.12. The van der Waals surface area contributed by atoms with Crippen molar-refractivity contribution in [1.82, 2.24) is 10.3 Å². The highest BCUT2D eigenvalue weighted by atomic mass is 16.5. The van der Waals surface area contributed by atoms with E-state index in [4.69, 9.17) is 15.4 Å². The van der Waals surface area contributed by atoms with Crippen molar-refractivity contribution in [2.75, 3.05) is 20.2 Å². The van der Waals surface area contributed by atoms with Crippen molar-refractivity contribution in [2.24, 2.45) is 5.11 Å². The van der Waals surface area contributed by atoms with E-state index >= 15 is 0 Å². The van der Waals surface area contributed by atoms with Crippen LogP contribution in [0, 0.1) is 0 Å². The van der Waals surface area contributed by atoms with Gasteiger partial charge in [0.1, 0.15) is 6.04 Å². The van der Waals surface area contributed by atoms with E-state index in [1.807, 2.05) is 0 Å². The molecule has 0 saturated carbocycles. The molecule has 1 aromatic heterocycles. The summed E-state index contributed by atoms with van der Waals surface area (Å²) in [5.41, 5.74) is 8.61. The molecule has 0 aromatic carbocycles. The zero-order valence-corrected chi connectivity index (χ0v) is 9.78. The van der Waals surface area contributed by atoms with Crippen LogP contribution in [0.25, 0.3) is 10.4 Å². The number of carboxylic acids is 1. The number of hydrogen-bond donors (Lipinski definition) is 2. The van der Waals surface area contributed by atoms with E-state index in [2.05, 4.69) is 20.3 Å². The Labute approximate surface area is 103 Å². The molecule has 1 unspecified atom stereocenters. The van der Waals surface area contributed by atoms with Crippen molar-refractivity contribution < 1.29 is 14.6 Å². The molecule has 0 spiro atoms. The summed E-state index contributed by atoms with van der Waals surface area (Å²) < 4.78 is 4.89. The van der Waals surface area contributed by atoms with Gasteiger partial charge < -0.3 is 15.2 Å². The Morgan fingerprint density at radius 1 is 1.72 bits per heavy atom. The fourth-order valence-electron chi connectivity index (χ4n) is 1.33. The third-order valence-electron chi connectivity index (χ3n) is 2.17. The molecule has 1 aromatic rings. The van der Waals surface area contributed by atoms with Crippen LogP contribution in [-0.2, 0) is 4.79 Å². The maximum absolute atomic E-state index is 11.1. The van der Waals surface area contributed by atoms with Crippen LogP contribution in [-0.4, -0.2) is 36.3 Å². The Hall–Kier alpha value is -2.31. The maximum atomic E-state index is 11.1. The molecule has 1 heterocycles. The Bertz CT molecular complexity index is 441. The summed E-state index contributed by atoms with van der Waals surface area (Å²) in [5.74, 6) is -0.611. The first-order valence-electron chi connectivity index (χ1n) is 5.16. The smallest absolute Gasteiger partial charge is 0.325 e. The number of hydrogen-bond acceptors (Lipinski definition) is 5. The highest BCUT2D eigenvalue weighted by Crippen LogP contribution is 2.14. The summed E-state index contributed by atoms with van der Waals surface area (Å²) in [5, 5.41) is 15.2. The zero-order valence-electron chi connectivity index (χ0n) is 9.78. The van der Waals surface area contributed by atoms with Gasteiger partial charge in [-0.1, -0.05) is 5.11 Å². The Kier molecular flexibility index (Phi) is 5.43. The minimum absolute atomic E-state index is 0.184. The molecule has 1 rings (SSSR count). The molecule has 0 radical (unpaired) electrons. The van der Waals surface area contributed by atoms with Gasteiger partial charge in [0, 0.05) is 30.3 Å². The van der Waals surface area contributed by atoms with Crippen LogP contribution >= 0.6 is 0 Å². The monoisotopic (exact) mass is 251 g/mol. The Morgan fingerprint density at radius 2 is 2.50 bits per heavy atom. The van der Waals surface area contributed by atoms with Gasteiger partial charge in [-0.05, 0) is 17.2 Å². The number of pyridine rings is 1. The molecular weight excluding hydrogens is 238 g/mol. The molecule has 0 aliphatic heterocycles. The molecule has 2 N–H and O–H groups in total. The first-order valence-corrected chi connectivity index (χ1v) is 5.16. The molecule has 0 aliphatic rings. The topological polar surface area (TPSA) is 120 Å². The number of aromatic nitrogens is 1. The van der Waals surface area contributed by atoms with Gasteiger partial charge in [0.2, 0.25) is 5.88 Å². The van der Waals surface area contributed by atoms with Gasteiger partial charge >= 0.3 is 5.97 Å². The van der Waals surface area contributed by atoms with Crippen LogP contribution < -0.4 is 10.1 Å². The first kappa shape index (κ1) is 13.8. The van der Waals surface area contributed by atoms with Gasteiger partial charge in [0.05, 0.1) is 7.11 Å². The van der Waals surface area contributed by atoms with E-state index in [-0.39, 0.29) is 13.1 Å². The molecule has 0 aliphatic carbocycles. The highest BCUT2D eigenvalue weighted by molar-refractivity contribution is 5.75. The first-order chi connectivity index (χ1) is 8.69. The Balaban J connectivity index is 2.70. The van der Waals surface area contributed by atoms with E-state index in [0.717, 1.165) is 0 Å². The minimum atomic E-state index is -1.03. The fourth-order valence-corrected chi connectivity index (χ4v) is 1.33. The summed E-state index contributed by atoms with van der Waals surface area (Å²) in [6.45, 7) is 0.455. The van der Waals surface area contributed by atoms with Gasteiger partial charge in [-0.2, -0.15) is 0 Å². The lowest BCUT2D eigenvalue weighted by Gasteiger charge is -2.13. The van der Waals surface area contributed by atoms with Crippen LogP contribution in [0.5, 0.6) is 5.88 Å². The minimum Gasteiger partial charge on any atom is -0.481 e. The fraction of sp³-hybridized carbons (Fsp3) is 0.400. The van der Waals surface area contributed by atoms with Gasteiger partial charge in [-0.25, -0.2) is 4.98 Å². The molecule has 0 saturated heterocycles. The van der Waals surface area contributed by atoms with Gasteiger partial charge in [-0.15, -0.1) is 0 Å². The van der Waals surface area contributed by atoms with Gasteiger partial charge in [0.25, 0.3) is 0 Å². The number of carboxylic acid groups (broad SMARTS) is 1. The number of ether oxygens (including phenoxy) is 1. The second kappa shape index (κ2) is 7.10. The average Bonchev–Trinajstić information content (AvgIpc) is 2.39. The molecule has 8 nitrogen and oxygen atoms in total. The second-order valence-electron chi connectivity index (χ2n) is 3.31. The van der Waals surface area contributed by atoms with E-state index in [9.17, 15) is 4.79 Å². The molecule has 96 valence electrons. The van der Waals surface area contributed by atoms with Crippen molar-refractivity contribution >= 4 is 5.97 Å². The van der Waals surface area contributed by atoms with Crippen LogP contribution in [0.1, 0.15) is 11.6 Å². The largest absolute Gasteiger partial charge is 0.481 e. The lowest BCUT2D eigenvalue weighted by molar-refractivity contribution is -0.139. The SMILES string of the molecule is COc1ccc(C(NCCN=[N+]=[N-])C(=O)O)cn1. The summed E-state index contributed by atoms with van der Waals surface area (Å²) in [7, 11) is 1.48. The van der Waals surface area contributed by atoms with Gasteiger partial charge in [-0.3, -0.25) is 4.79 Å². The van der Waals surface area contributed by atoms with Crippen molar-refractivity contribution in [2.45, 2.75) is 6.04 Å². The molecule has 8 heteroatoms. The number of nitrogens with one attached hydrogen (secondary N) is 1. The molecular formula is C10H13N5O3. The molecule has 18 heavy (non-hydrogen) atoms. The van der Waals surface area contributed by atoms with E-state index < -0.39 is 12.0 Å². The Morgan fingerprint density at radius 3 is 3.00 bits per heavy atom. The third-order valence-corrected chi connectivity index (χ3v) is 2.17. The summed E-state index contributed by atoms with van der Waals surface area (Å²) in [6, 6.07) is 2.31. The average molecular weight is 251 g/mol. The third kappa shape index (κ3) is 3.93. The summed E-state index contributed by atoms with van der Waals surface area (Å²) >= 11 is 0. The van der Waals surface area contributed by atoms with Gasteiger partial charge in [0.15, 0.2) is 0 Å². The van der Waals surface area contributed by atoms with Crippen molar-refractivity contribution in [3.8, 4) is 5.88 Å². The highest BCUT2D eigenvalue weighted by Gasteiger charge is 2.19. The van der Waals surface area contributed by atoms with Crippen LogP contribution in [0.15, 0.2) is 23.4 Å². The van der Waals surface area contributed by atoms with Crippen LogP contribution in [0.2, 0.25) is 0 Å². The quantitative estimate of drug-likeness (QED) is 0.325. The number of aliphatic carboxylic acids is 1. The van der Waals surface area contributed by atoms with E-state index in [0.29, 0.717) is 11.4 Å². The number of methoxy groups -OCH3 is 1. The van der Waals surface area contributed by atoms with E-state index in [1.165, 1.54) is 13.3 Å². The van der Waals surface area contributed by atoms with E-state index in [1.54, 1.807) is 12.1 Å². The molecule has 1 atom stereocenters. The van der Waals surface area contributed by atoms with Crippen LogP contribution in [0.3, 0.4) is 0 Å². The lowest BCUT2D eigenvalue weighted by atomic mass is 10.1. The second-order valence-corrected chi connectivity index (χ2v) is 3.31. The molecule has 0 bridgehead atoms. The van der Waals surface area contributed by atoms with Crippen molar-refractivity contribution in [3.05, 3.63) is 34.3 Å². The summed E-state index contributed by atoms with van der Waals surface area (Å²) in [6.07, 6.45) is 1.43. The number of carbonyl (C=O) groups is 1. The summed E-state index contributed by atoms with van der Waals surface area (Å²) in [4.78, 5) is 17.6. The number of rotatable bonds is 7. The zero-order chi connectivity index (χ0) is 13.4. The van der Waals surface area contributed by atoms with Crippen LogP contribution in [0.4, 0.5) is 0 Å². The van der Waals surface area contributed by atoms with Crippen molar-refractivity contribution in [1.29, 1.82) is 0 Å². The normalized spacial score (nSPS) is 11.4. The lowest BCUT2D eigenvalue weighted by Crippen LogP contribution is -2.30. The number of nitrogens with zero attached hydrogens (tertiary/aromatic N) is 4. The molecule has 0 fully saturated rings. The number of azide groups is 1. The van der Waals surface area contributed by atoms with Crippen molar-refractivity contribution in [3.63, 3.8) is 0 Å². The predicted molar refractivity (Wildman–Crippen MR) is 63.2 cm³/mol. The standard InChI is InChI=1S/C10H13N5O3/c1-18-8-3-2-7(6-13-8)9(10(16)17)12-4-5-14-15-11/h2-3,6,9,12H,4-5H2,1H3,(H,16,17). The maximum Gasteiger partial charge on any atom is 0.325 e. The molecule has 0 amide bonds.